The van der Waals surface area contributed by atoms with E-state index in [0.717, 1.165) is 16.8 Å². The van der Waals surface area contributed by atoms with Crippen molar-refractivity contribution in [3.05, 3.63) is 64.7 Å². The van der Waals surface area contributed by atoms with Gasteiger partial charge in [-0.05, 0) is 50.7 Å². The van der Waals surface area contributed by atoms with Crippen LogP contribution in [0, 0.1) is 6.92 Å². The third-order valence-electron chi connectivity index (χ3n) is 4.46. The minimum atomic E-state index is -0.349. The molecule has 0 spiro atoms. The first-order chi connectivity index (χ1) is 12.8. The average molecular weight is 388 g/mol. The van der Waals surface area contributed by atoms with Gasteiger partial charge in [-0.3, -0.25) is 14.5 Å². The molecule has 2 amide bonds. The Morgan fingerprint density at radius 2 is 1.63 bits per heavy atom. The zero-order valence-corrected chi connectivity index (χ0v) is 17.0. The minimum Gasteiger partial charge on any atom is -0.335 e. The first-order valence-electron chi connectivity index (χ1n) is 8.82. The third kappa shape index (κ3) is 6.38. The second-order valence-electron chi connectivity index (χ2n) is 6.83. The van der Waals surface area contributed by atoms with Gasteiger partial charge in [-0.15, -0.1) is 0 Å². The maximum Gasteiger partial charge on any atom is 0.243 e. The molecule has 0 unspecified atom stereocenters. The molecule has 2 rings (SSSR count). The van der Waals surface area contributed by atoms with Gasteiger partial charge >= 0.3 is 0 Å². The lowest BCUT2D eigenvalue weighted by Crippen LogP contribution is -2.46. The lowest BCUT2D eigenvalue weighted by Gasteiger charge is -2.28. The first kappa shape index (κ1) is 20.9. The molecule has 27 heavy (non-hydrogen) atoms. The lowest BCUT2D eigenvalue weighted by atomic mass is 10.2. The molecule has 1 N–H and O–H groups in total. The number of likely N-dealkylation sites (N-methyl/N-ethyl adjacent to an activating group) is 2. The van der Waals surface area contributed by atoms with E-state index in [4.69, 9.17) is 11.6 Å². The number of hydrogen-bond acceptors (Lipinski definition) is 3. The van der Waals surface area contributed by atoms with Gasteiger partial charge in [-0.1, -0.05) is 41.4 Å². The van der Waals surface area contributed by atoms with Crippen LogP contribution in [0.15, 0.2) is 48.5 Å². The first-order valence-corrected chi connectivity index (χ1v) is 9.20. The molecule has 0 heterocycles. The van der Waals surface area contributed by atoms with E-state index in [-0.39, 0.29) is 24.4 Å². The van der Waals surface area contributed by atoms with Crippen molar-refractivity contribution in [1.82, 2.24) is 9.80 Å². The predicted octanol–water partition coefficient (Wildman–Crippen LogP) is 3.57. The Kier molecular flexibility index (Phi) is 7.39. The Morgan fingerprint density at radius 1 is 1.04 bits per heavy atom. The van der Waals surface area contributed by atoms with Crippen LogP contribution in [-0.2, 0) is 16.1 Å². The van der Waals surface area contributed by atoms with Crippen LogP contribution in [0.25, 0.3) is 0 Å². The smallest absolute Gasteiger partial charge is 0.243 e. The van der Waals surface area contributed by atoms with Gasteiger partial charge in [-0.2, -0.15) is 0 Å². The lowest BCUT2D eigenvalue weighted by molar-refractivity contribution is -0.137. The number of amides is 2. The summed E-state index contributed by atoms with van der Waals surface area (Å²) in [7, 11) is 3.53. The fourth-order valence-electron chi connectivity index (χ4n) is 2.65. The topological polar surface area (TPSA) is 52.7 Å². The highest BCUT2D eigenvalue weighted by atomic mass is 35.5. The molecule has 0 radical (unpaired) electrons. The van der Waals surface area contributed by atoms with Crippen molar-refractivity contribution in [3.63, 3.8) is 0 Å². The molecule has 0 saturated carbocycles. The van der Waals surface area contributed by atoms with Gasteiger partial charge in [0.2, 0.25) is 11.8 Å². The third-order valence-corrected chi connectivity index (χ3v) is 4.71. The van der Waals surface area contributed by atoms with Crippen molar-refractivity contribution in [2.45, 2.75) is 26.4 Å². The maximum atomic E-state index is 12.6. The summed E-state index contributed by atoms with van der Waals surface area (Å²) >= 11 is 5.90. The van der Waals surface area contributed by atoms with E-state index in [2.05, 4.69) is 5.32 Å². The molecule has 1 atom stereocenters. The summed E-state index contributed by atoms with van der Waals surface area (Å²) in [5, 5.41) is 3.49. The molecule has 6 heteroatoms. The van der Waals surface area contributed by atoms with Crippen LogP contribution >= 0.6 is 11.6 Å². The van der Waals surface area contributed by atoms with Crippen LogP contribution in [0.1, 0.15) is 18.1 Å². The van der Waals surface area contributed by atoms with Crippen molar-refractivity contribution in [2.24, 2.45) is 0 Å². The van der Waals surface area contributed by atoms with Crippen molar-refractivity contribution in [2.75, 3.05) is 26.0 Å². The van der Waals surface area contributed by atoms with Crippen LogP contribution in [-0.4, -0.2) is 48.3 Å². The SMILES string of the molecule is Cc1ccc(NC(=O)CN(C)C(=O)[C@@H](C)N(C)Cc2ccc(Cl)cc2)cc1. The van der Waals surface area contributed by atoms with Gasteiger partial charge in [0.15, 0.2) is 0 Å². The Bertz CT molecular complexity index is 775. The molecule has 2 aromatic carbocycles. The van der Waals surface area contributed by atoms with E-state index in [1.54, 1.807) is 7.05 Å². The van der Waals surface area contributed by atoms with Crippen LogP contribution in [0.2, 0.25) is 5.02 Å². The molecule has 0 fully saturated rings. The Balaban J connectivity index is 1.87. The van der Waals surface area contributed by atoms with Crippen LogP contribution in [0.3, 0.4) is 0 Å². The zero-order chi connectivity index (χ0) is 20.0. The maximum absolute atomic E-state index is 12.6. The quantitative estimate of drug-likeness (QED) is 0.790. The van der Waals surface area contributed by atoms with Gasteiger partial charge in [0.25, 0.3) is 0 Å². The van der Waals surface area contributed by atoms with Gasteiger partial charge in [0.05, 0.1) is 12.6 Å². The Labute approximate surface area is 165 Å². The van der Waals surface area contributed by atoms with Crippen molar-refractivity contribution >= 4 is 29.1 Å². The van der Waals surface area contributed by atoms with Crippen molar-refractivity contribution in [3.8, 4) is 0 Å². The van der Waals surface area contributed by atoms with E-state index in [9.17, 15) is 9.59 Å². The number of benzene rings is 2. The number of nitrogens with one attached hydrogen (secondary N) is 1. The Morgan fingerprint density at radius 3 is 2.22 bits per heavy atom. The van der Waals surface area contributed by atoms with E-state index in [1.165, 1.54) is 4.90 Å². The molecule has 0 aliphatic rings. The summed E-state index contributed by atoms with van der Waals surface area (Å²) < 4.78 is 0. The van der Waals surface area contributed by atoms with Crippen molar-refractivity contribution in [1.29, 1.82) is 0 Å². The number of aryl methyl sites for hydroxylation is 1. The molecule has 5 nitrogen and oxygen atoms in total. The normalized spacial score (nSPS) is 11.9. The van der Waals surface area contributed by atoms with E-state index < -0.39 is 0 Å². The second kappa shape index (κ2) is 9.53. The molecule has 0 aliphatic carbocycles. The largest absolute Gasteiger partial charge is 0.335 e. The molecule has 0 bridgehead atoms. The van der Waals surface area contributed by atoms with Crippen molar-refractivity contribution < 1.29 is 9.59 Å². The number of hydrogen-bond donors (Lipinski definition) is 1. The standard InChI is InChI=1S/C21H26ClN3O2/c1-15-5-11-19(12-6-15)23-20(26)14-25(4)21(27)16(2)24(3)13-17-7-9-18(22)10-8-17/h5-12,16H,13-14H2,1-4H3,(H,23,26)/t16-/m1/s1. The van der Waals surface area contributed by atoms with Crippen LogP contribution in [0.4, 0.5) is 5.69 Å². The van der Waals surface area contributed by atoms with Gasteiger partial charge < -0.3 is 10.2 Å². The molecule has 2 aromatic rings. The number of nitrogens with zero attached hydrogens (tertiary/aromatic N) is 2. The summed E-state index contributed by atoms with van der Waals surface area (Å²) in [4.78, 5) is 28.2. The van der Waals surface area contributed by atoms with Gasteiger partial charge in [0.1, 0.15) is 0 Å². The highest BCUT2D eigenvalue weighted by Gasteiger charge is 2.23. The fraction of sp³-hybridized carbons (Fsp3) is 0.333. The highest BCUT2D eigenvalue weighted by molar-refractivity contribution is 6.30. The molecular weight excluding hydrogens is 362 g/mol. The summed E-state index contributed by atoms with van der Waals surface area (Å²) in [6, 6.07) is 14.7. The number of halogens is 1. The van der Waals surface area contributed by atoms with E-state index in [0.29, 0.717) is 11.6 Å². The Hall–Kier alpha value is -2.37. The summed E-state index contributed by atoms with van der Waals surface area (Å²) in [5.41, 5.74) is 2.92. The van der Waals surface area contributed by atoms with Crippen LogP contribution in [0.5, 0.6) is 0 Å². The predicted molar refractivity (Wildman–Crippen MR) is 110 cm³/mol. The molecule has 0 aliphatic heterocycles. The minimum absolute atomic E-state index is 0.00579. The molecular formula is C21H26ClN3O2. The number of anilines is 1. The van der Waals surface area contributed by atoms with Gasteiger partial charge in [-0.25, -0.2) is 0 Å². The monoisotopic (exact) mass is 387 g/mol. The molecule has 0 saturated heterocycles. The summed E-state index contributed by atoms with van der Waals surface area (Å²) in [5.74, 6) is -0.326. The number of rotatable bonds is 7. The van der Waals surface area contributed by atoms with Gasteiger partial charge in [0, 0.05) is 24.3 Å². The van der Waals surface area contributed by atoms with E-state index in [1.807, 2.05) is 74.3 Å². The fourth-order valence-corrected chi connectivity index (χ4v) is 2.78. The average Bonchev–Trinajstić information content (AvgIpc) is 2.64. The summed E-state index contributed by atoms with van der Waals surface area (Å²) in [6.07, 6.45) is 0. The van der Waals surface area contributed by atoms with Crippen LogP contribution < -0.4 is 5.32 Å². The highest BCUT2D eigenvalue weighted by Crippen LogP contribution is 2.13. The number of carbonyl (C=O) groups is 2. The molecule has 144 valence electrons. The molecule has 0 aromatic heterocycles. The van der Waals surface area contributed by atoms with E-state index >= 15 is 0 Å². The number of carbonyl (C=O) groups excluding carboxylic acids is 2. The zero-order valence-electron chi connectivity index (χ0n) is 16.2. The summed E-state index contributed by atoms with van der Waals surface area (Å²) in [6.45, 7) is 4.45. The second-order valence-corrected chi connectivity index (χ2v) is 7.26.